The van der Waals surface area contributed by atoms with Gasteiger partial charge in [0.1, 0.15) is 5.76 Å². The Labute approximate surface area is 157 Å². The van der Waals surface area contributed by atoms with Crippen molar-refractivity contribution in [3.05, 3.63) is 48.3 Å². The number of likely N-dealkylation sites (tertiary alicyclic amines) is 1. The van der Waals surface area contributed by atoms with Crippen molar-refractivity contribution in [2.45, 2.75) is 45.7 Å². The third-order valence-corrected chi connectivity index (χ3v) is 5.00. The van der Waals surface area contributed by atoms with Crippen LogP contribution in [0.2, 0.25) is 0 Å². The van der Waals surface area contributed by atoms with Crippen LogP contribution in [0, 0.1) is 13.8 Å². The molecule has 27 heavy (non-hydrogen) atoms. The molecule has 0 saturated carbocycles. The topological polar surface area (TPSA) is 89.9 Å². The highest BCUT2D eigenvalue weighted by Gasteiger charge is 2.31. The summed E-state index contributed by atoms with van der Waals surface area (Å²) in [7, 11) is 0. The average Bonchev–Trinajstić information content (AvgIpc) is 3.41. The number of carbonyl (C=O) groups excluding carboxylic acids is 1. The fourth-order valence-corrected chi connectivity index (χ4v) is 3.67. The molecule has 1 saturated heterocycles. The van der Waals surface area contributed by atoms with E-state index in [0.29, 0.717) is 13.0 Å². The van der Waals surface area contributed by atoms with Crippen LogP contribution in [0.1, 0.15) is 42.5 Å². The molecule has 0 spiro atoms. The summed E-state index contributed by atoms with van der Waals surface area (Å²) in [4.78, 5) is 27.9. The Morgan fingerprint density at radius 2 is 2.19 bits per heavy atom. The Morgan fingerprint density at radius 3 is 2.93 bits per heavy atom. The van der Waals surface area contributed by atoms with Gasteiger partial charge in [0.05, 0.1) is 47.4 Å². The second kappa shape index (κ2) is 7.30. The number of hydrogen-bond acceptors (Lipinski definition) is 6. The lowest BCUT2D eigenvalue weighted by atomic mass is 10.1. The SMILES string of the molecule is Cc1noc(C)c1-c1cncc(C2CCCN2C(=O)CCn2ccnc2)n1. The Kier molecular flexibility index (Phi) is 4.70. The highest BCUT2D eigenvalue weighted by molar-refractivity contribution is 5.77. The van der Waals surface area contributed by atoms with Gasteiger partial charge in [0.2, 0.25) is 5.91 Å². The maximum Gasteiger partial charge on any atom is 0.224 e. The highest BCUT2D eigenvalue weighted by atomic mass is 16.5. The summed E-state index contributed by atoms with van der Waals surface area (Å²) in [5.41, 5.74) is 3.22. The highest BCUT2D eigenvalue weighted by Crippen LogP contribution is 2.33. The van der Waals surface area contributed by atoms with E-state index in [0.717, 1.165) is 47.8 Å². The van der Waals surface area contributed by atoms with Crippen molar-refractivity contribution < 1.29 is 9.32 Å². The Balaban J connectivity index is 1.53. The second-order valence-electron chi connectivity index (χ2n) is 6.82. The quantitative estimate of drug-likeness (QED) is 0.690. The molecule has 0 radical (unpaired) electrons. The van der Waals surface area contributed by atoms with Gasteiger partial charge in [0.25, 0.3) is 0 Å². The van der Waals surface area contributed by atoms with Crippen LogP contribution < -0.4 is 0 Å². The van der Waals surface area contributed by atoms with Crippen LogP contribution >= 0.6 is 0 Å². The molecular formula is C19H22N6O2. The molecule has 0 aromatic carbocycles. The Morgan fingerprint density at radius 1 is 1.30 bits per heavy atom. The van der Waals surface area contributed by atoms with E-state index in [9.17, 15) is 4.79 Å². The maximum atomic E-state index is 12.8. The monoisotopic (exact) mass is 366 g/mol. The molecular weight excluding hydrogens is 344 g/mol. The lowest BCUT2D eigenvalue weighted by Gasteiger charge is -2.24. The number of hydrogen-bond donors (Lipinski definition) is 0. The zero-order valence-corrected chi connectivity index (χ0v) is 15.5. The van der Waals surface area contributed by atoms with Crippen LogP contribution in [0.3, 0.4) is 0 Å². The minimum absolute atomic E-state index is 0.0341. The minimum atomic E-state index is -0.0341. The standard InChI is InChI=1S/C19H22N6O2/c1-13-19(14(2)27-23-13)16-11-21-10-15(22-16)17-4-3-7-25(17)18(26)5-8-24-9-6-20-12-24/h6,9-12,17H,3-5,7-8H2,1-2H3. The van der Waals surface area contributed by atoms with Gasteiger partial charge in [-0.3, -0.25) is 9.78 Å². The van der Waals surface area contributed by atoms with Gasteiger partial charge in [0, 0.05) is 31.9 Å². The molecule has 8 nitrogen and oxygen atoms in total. The molecule has 8 heteroatoms. The van der Waals surface area contributed by atoms with E-state index in [-0.39, 0.29) is 11.9 Å². The molecule has 1 fully saturated rings. The maximum absolute atomic E-state index is 12.8. The molecule has 1 aliphatic heterocycles. The van der Waals surface area contributed by atoms with Crippen molar-refractivity contribution in [3.8, 4) is 11.3 Å². The summed E-state index contributed by atoms with van der Waals surface area (Å²) in [5, 5.41) is 4.00. The van der Waals surface area contributed by atoms with E-state index in [4.69, 9.17) is 9.51 Å². The van der Waals surface area contributed by atoms with Gasteiger partial charge in [-0.2, -0.15) is 0 Å². The van der Waals surface area contributed by atoms with Gasteiger partial charge in [0.15, 0.2) is 0 Å². The fourth-order valence-electron chi connectivity index (χ4n) is 3.67. The van der Waals surface area contributed by atoms with E-state index in [1.165, 1.54) is 0 Å². The number of imidazole rings is 1. The van der Waals surface area contributed by atoms with Crippen molar-refractivity contribution in [1.29, 1.82) is 0 Å². The van der Waals surface area contributed by atoms with Gasteiger partial charge in [-0.15, -0.1) is 0 Å². The molecule has 1 atom stereocenters. The molecule has 1 unspecified atom stereocenters. The van der Waals surface area contributed by atoms with E-state index < -0.39 is 0 Å². The summed E-state index contributed by atoms with van der Waals surface area (Å²) in [6, 6.07) is -0.0341. The van der Waals surface area contributed by atoms with E-state index >= 15 is 0 Å². The largest absolute Gasteiger partial charge is 0.361 e. The number of amides is 1. The summed E-state index contributed by atoms with van der Waals surface area (Å²) >= 11 is 0. The van der Waals surface area contributed by atoms with Crippen LogP contribution in [-0.4, -0.2) is 42.0 Å². The first-order valence-corrected chi connectivity index (χ1v) is 9.14. The Hall–Kier alpha value is -3.03. The number of carbonyl (C=O) groups is 1. The summed E-state index contributed by atoms with van der Waals surface area (Å²) in [6.45, 7) is 5.14. The molecule has 1 aliphatic rings. The molecule has 140 valence electrons. The van der Waals surface area contributed by atoms with E-state index in [2.05, 4.69) is 15.1 Å². The smallest absolute Gasteiger partial charge is 0.224 e. The number of rotatable bonds is 5. The van der Waals surface area contributed by atoms with Crippen molar-refractivity contribution >= 4 is 5.91 Å². The molecule has 0 bridgehead atoms. The zero-order chi connectivity index (χ0) is 18.8. The second-order valence-corrected chi connectivity index (χ2v) is 6.82. The summed E-state index contributed by atoms with van der Waals surface area (Å²) in [6.07, 6.45) is 11.1. The van der Waals surface area contributed by atoms with E-state index in [1.807, 2.05) is 29.5 Å². The summed E-state index contributed by atoms with van der Waals surface area (Å²) < 4.78 is 7.17. The molecule has 3 aromatic heterocycles. The van der Waals surface area contributed by atoms with Gasteiger partial charge < -0.3 is 14.0 Å². The van der Waals surface area contributed by atoms with Gasteiger partial charge in [-0.25, -0.2) is 9.97 Å². The normalized spacial score (nSPS) is 16.8. The van der Waals surface area contributed by atoms with Gasteiger partial charge >= 0.3 is 0 Å². The van der Waals surface area contributed by atoms with Crippen LogP contribution in [0.25, 0.3) is 11.3 Å². The minimum Gasteiger partial charge on any atom is -0.361 e. The number of nitrogens with zero attached hydrogens (tertiary/aromatic N) is 6. The fraction of sp³-hybridized carbons (Fsp3) is 0.421. The van der Waals surface area contributed by atoms with Gasteiger partial charge in [-0.1, -0.05) is 5.16 Å². The lowest BCUT2D eigenvalue weighted by molar-refractivity contribution is -0.132. The molecule has 1 amide bonds. The van der Waals surface area contributed by atoms with Crippen molar-refractivity contribution in [2.75, 3.05) is 6.54 Å². The number of aryl methyl sites for hydroxylation is 3. The van der Waals surface area contributed by atoms with Crippen molar-refractivity contribution in [1.82, 2.24) is 29.6 Å². The number of aromatic nitrogens is 5. The van der Waals surface area contributed by atoms with Gasteiger partial charge in [-0.05, 0) is 26.7 Å². The third kappa shape index (κ3) is 3.47. The molecule has 3 aromatic rings. The van der Waals surface area contributed by atoms with Crippen LogP contribution in [0.15, 0.2) is 35.6 Å². The van der Waals surface area contributed by atoms with Crippen LogP contribution in [-0.2, 0) is 11.3 Å². The first-order valence-electron chi connectivity index (χ1n) is 9.14. The third-order valence-electron chi connectivity index (χ3n) is 5.00. The van der Waals surface area contributed by atoms with E-state index in [1.54, 1.807) is 24.9 Å². The lowest BCUT2D eigenvalue weighted by Crippen LogP contribution is -2.31. The van der Waals surface area contributed by atoms with Crippen LogP contribution in [0.4, 0.5) is 0 Å². The first-order chi connectivity index (χ1) is 13.1. The van der Waals surface area contributed by atoms with Crippen LogP contribution in [0.5, 0.6) is 0 Å². The predicted octanol–water partition coefficient (Wildman–Crippen LogP) is 2.70. The molecule has 4 heterocycles. The zero-order valence-electron chi connectivity index (χ0n) is 15.5. The van der Waals surface area contributed by atoms with Crippen molar-refractivity contribution in [2.24, 2.45) is 0 Å². The molecule has 0 aliphatic carbocycles. The predicted molar refractivity (Wildman–Crippen MR) is 97.5 cm³/mol. The molecule has 0 N–H and O–H groups in total. The summed E-state index contributed by atoms with van der Waals surface area (Å²) in [5.74, 6) is 0.856. The van der Waals surface area contributed by atoms with Crippen molar-refractivity contribution in [3.63, 3.8) is 0 Å². The average molecular weight is 366 g/mol. The molecule has 4 rings (SSSR count). The first kappa shape index (κ1) is 17.4. The Bertz CT molecular complexity index is 914.